The molecule has 0 aromatic heterocycles. The number of anilines is 1. The zero-order chi connectivity index (χ0) is 23.3. The Hall–Kier alpha value is -2.16. The second kappa shape index (κ2) is 11.1. The number of carbonyl (C=O) groups is 1. The molecule has 0 radical (unpaired) electrons. The van der Waals surface area contributed by atoms with E-state index < -0.39 is 5.91 Å². The summed E-state index contributed by atoms with van der Waals surface area (Å²) in [6, 6.07) is 17.0. The molecule has 3 rings (SSSR count). The Morgan fingerprint density at radius 2 is 1.88 bits per heavy atom. The molecule has 1 N–H and O–H groups in total. The van der Waals surface area contributed by atoms with Gasteiger partial charge in [-0.15, -0.1) is 0 Å². The van der Waals surface area contributed by atoms with Crippen molar-refractivity contribution < 1.29 is 13.9 Å². The van der Waals surface area contributed by atoms with E-state index in [1.54, 1.807) is 37.3 Å². The van der Waals surface area contributed by atoms with E-state index in [1.807, 2.05) is 18.2 Å². The van der Waals surface area contributed by atoms with E-state index in [2.05, 4.69) is 50.5 Å². The molecule has 3 aromatic carbocycles. The average Bonchev–Trinajstić information content (AvgIpc) is 2.74. The van der Waals surface area contributed by atoms with Crippen molar-refractivity contribution in [2.75, 3.05) is 5.32 Å². The lowest BCUT2D eigenvalue weighted by atomic mass is 10.1. The van der Waals surface area contributed by atoms with E-state index in [9.17, 15) is 14.4 Å². The summed E-state index contributed by atoms with van der Waals surface area (Å²) in [6.45, 7) is 2.02. The first kappa shape index (κ1) is 24.5. The second-order valence-electron chi connectivity index (χ2n) is 6.77. The summed E-state index contributed by atoms with van der Waals surface area (Å²) in [6.07, 6.45) is 1.52. The Kier molecular flexibility index (Phi) is 8.51. The fourth-order valence-corrected chi connectivity index (χ4v) is 5.13. The zero-order valence-corrected chi connectivity index (χ0v) is 21.8. The molecule has 1 amide bonds. The summed E-state index contributed by atoms with van der Waals surface area (Å²) >= 11 is 10.4. The van der Waals surface area contributed by atoms with Crippen molar-refractivity contribution in [2.24, 2.45) is 0 Å². The lowest BCUT2D eigenvalue weighted by molar-refractivity contribution is -0.112. The summed E-state index contributed by atoms with van der Waals surface area (Å²) in [4.78, 5) is 12.6. The SMILES string of the molecule is Cc1c(Cl)cccc1NC(=O)/C(C#N)=C\c1cc(I)c(OCc2cccc(F)c2)c(I)c1. The third-order valence-corrected chi connectivity index (χ3v) is 6.50. The fourth-order valence-electron chi connectivity index (χ4n) is 2.83. The van der Waals surface area contributed by atoms with Gasteiger partial charge in [0.2, 0.25) is 0 Å². The van der Waals surface area contributed by atoms with Crippen molar-refractivity contribution in [2.45, 2.75) is 13.5 Å². The molecule has 4 nitrogen and oxygen atoms in total. The molecule has 32 heavy (non-hydrogen) atoms. The van der Waals surface area contributed by atoms with E-state index in [4.69, 9.17) is 16.3 Å². The molecule has 0 bridgehead atoms. The van der Waals surface area contributed by atoms with Gasteiger partial charge in [-0.25, -0.2) is 4.39 Å². The van der Waals surface area contributed by atoms with Crippen LogP contribution in [0.5, 0.6) is 5.75 Å². The first-order valence-electron chi connectivity index (χ1n) is 9.33. The summed E-state index contributed by atoms with van der Waals surface area (Å²) in [5, 5.41) is 12.8. The van der Waals surface area contributed by atoms with Crippen molar-refractivity contribution in [1.29, 1.82) is 5.26 Å². The van der Waals surface area contributed by atoms with Crippen LogP contribution in [0.2, 0.25) is 5.02 Å². The van der Waals surface area contributed by atoms with Crippen LogP contribution >= 0.6 is 56.8 Å². The molecule has 8 heteroatoms. The predicted octanol–water partition coefficient (Wildman–Crippen LogP) is 7.12. The van der Waals surface area contributed by atoms with Gasteiger partial charge in [0.25, 0.3) is 5.91 Å². The number of benzene rings is 3. The average molecular weight is 673 g/mol. The van der Waals surface area contributed by atoms with Crippen LogP contribution < -0.4 is 10.1 Å². The summed E-state index contributed by atoms with van der Waals surface area (Å²) < 4.78 is 20.9. The Balaban J connectivity index is 1.79. The van der Waals surface area contributed by atoms with E-state index in [0.717, 1.165) is 18.3 Å². The predicted molar refractivity (Wildman–Crippen MR) is 141 cm³/mol. The molecule has 162 valence electrons. The molecule has 0 aliphatic heterocycles. The number of nitrogens with zero attached hydrogens (tertiary/aromatic N) is 1. The number of hydrogen-bond donors (Lipinski definition) is 1. The molecule has 0 fully saturated rings. The van der Waals surface area contributed by atoms with Crippen molar-refractivity contribution in [3.05, 3.63) is 94.8 Å². The van der Waals surface area contributed by atoms with Crippen molar-refractivity contribution in [3.8, 4) is 11.8 Å². The van der Waals surface area contributed by atoms with Crippen LogP contribution in [-0.4, -0.2) is 5.91 Å². The Bertz CT molecular complexity index is 1230. The Morgan fingerprint density at radius 3 is 2.53 bits per heavy atom. The van der Waals surface area contributed by atoms with E-state index in [1.165, 1.54) is 18.2 Å². The second-order valence-corrected chi connectivity index (χ2v) is 9.50. The third kappa shape index (κ3) is 6.21. The van der Waals surface area contributed by atoms with Gasteiger partial charge in [-0.1, -0.05) is 29.8 Å². The van der Waals surface area contributed by atoms with Gasteiger partial charge in [0.15, 0.2) is 0 Å². The lowest BCUT2D eigenvalue weighted by Crippen LogP contribution is -2.14. The van der Waals surface area contributed by atoms with Crippen LogP contribution in [0.3, 0.4) is 0 Å². The van der Waals surface area contributed by atoms with Gasteiger partial charge in [0.05, 0.1) is 7.14 Å². The highest BCUT2D eigenvalue weighted by Crippen LogP contribution is 2.31. The normalized spacial score (nSPS) is 11.1. The topological polar surface area (TPSA) is 62.1 Å². The highest BCUT2D eigenvalue weighted by molar-refractivity contribution is 14.1. The van der Waals surface area contributed by atoms with Gasteiger partial charge in [0.1, 0.15) is 29.8 Å². The maximum absolute atomic E-state index is 13.4. The monoisotopic (exact) mass is 672 g/mol. The number of carbonyl (C=O) groups excluding carboxylic acids is 1. The number of ether oxygens (including phenoxy) is 1. The molecule has 0 heterocycles. The van der Waals surface area contributed by atoms with Crippen molar-refractivity contribution in [3.63, 3.8) is 0 Å². The van der Waals surface area contributed by atoms with Crippen molar-refractivity contribution in [1.82, 2.24) is 0 Å². The quantitative estimate of drug-likeness (QED) is 0.172. The number of nitrogens with one attached hydrogen (secondary N) is 1. The van der Waals surface area contributed by atoms with Gasteiger partial charge in [-0.3, -0.25) is 4.79 Å². The van der Waals surface area contributed by atoms with Crippen LogP contribution in [-0.2, 0) is 11.4 Å². The number of rotatable bonds is 6. The summed E-state index contributed by atoms with van der Waals surface area (Å²) in [7, 11) is 0. The lowest BCUT2D eigenvalue weighted by Gasteiger charge is -2.12. The Morgan fingerprint density at radius 1 is 1.19 bits per heavy atom. The van der Waals surface area contributed by atoms with Gasteiger partial charge in [-0.2, -0.15) is 5.26 Å². The fraction of sp³-hybridized carbons (Fsp3) is 0.0833. The number of hydrogen-bond acceptors (Lipinski definition) is 3. The molecule has 0 aliphatic carbocycles. The van der Waals surface area contributed by atoms with Gasteiger partial charge in [-0.05, 0) is 111 Å². The molecular weight excluding hydrogens is 657 g/mol. The number of halogens is 4. The molecule has 0 spiro atoms. The van der Waals surface area contributed by atoms with E-state index in [-0.39, 0.29) is 18.0 Å². The van der Waals surface area contributed by atoms with Crippen LogP contribution in [0, 0.1) is 31.2 Å². The van der Waals surface area contributed by atoms with Gasteiger partial charge >= 0.3 is 0 Å². The third-order valence-electron chi connectivity index (χ3n) is 4.48. The van der Waals surface area contributed by atoms with E-state index >= 15 is 0 Å². The van der Waals surface area contributed by atoms with Gasteiger partial charge < -0.3 is 10.1 Å². The highest BCUT2D eigenvalue weighted by atomic mass is 127. The molecule has 0 saturated heterocycles. The molecule has 0 unspecified atom stereocenters. The smallest absolute Gasteiger partial charge is 0.266 e. The summed E-state index contributed by atoms with van der Waals surface area (Å²) in [5.74, 6) is -0.175. The molecule has 3 aromatic rings. The van der Waals surface area contributed by atoms with Crippen LogP contribution in [0.25, 0.3) is 6.08 Å². The van der Waals surface area contributed by atoms with Crippen LogP contribution in [0.15, 0.2) is 60.2 Å². The molecule has 0 atom stereocenters. The highest BCUT2D eigenvalue weighted by Gasteiger charge is 2.14. The van der Waals surface area contributed by atoms with Crippen LogP contribution in [0.1, 0.15) is 16.7 Å². The maximum atomic E-state index is 13.4. The zero-order valence-electron chi connectivity index (χ0n) is 16.8. The summed E-state index contributed by atoms with van der Waals surface area (Å²) in [5.41, 5.74) is 2.65. The molecule has 0 aliphatic rings. The first-order valence-corrected chi connectivity index (χ1v) is 11.9. The minimum Gasteiger partial charge on any atom is -0.487 e. The molecule has 0 saturated carbocycles. The largest absolute Gasteiger partial charge is 0.487 e. The maximum Gasteiger partial charge on any atom is 0.266 e. The molecular formula is C24H16ClFI2N2O2. The first-order chi connectivity index (χ1) is 15.3. The minimum atomic E-state index is -0.519. The van der Waals surface area contributed by atoms with Crippen LogP contribution in [0.4, 0.5) is 10.1 Å². The van der Waals surface area contributed by atoms with Crippen molar-refractivity contribution >= 4 is 74.5 Å². The standard InChI is InChI=1S/C24H16ClFI2N2O2/c1-14-19(25)6-3-7-22(14)30-24(31)17(12-29)8-16-10-20(27)23(21(28)11-16)32-13-15-4-2-5-18(26)9-15/h2-11H,13H2,1H3,(H,30,31)/b17-8-. The Labute approximate surface area is 217 Å². The number of amides is 1. The minimum absolute atomic E-state index is 0.0376. The number of nitriles is 1. The van der Waals surface area contributed by atoms with E-state index in [0.29, 0.717) is 22.0 Å². The van der Waals surface area contributed by atoms with Gasteiger partial charge in [0, 0.05) is 10.7 Å².